The second-order valence-electron chi connectivity index (χ2n) is 7.03. The van der Waals surface area contributed by atoms with Crippen molar-refractivity contribution >= 4 is 12.6 Å². The van der Waals surface area contributed by atoms with Crippen LogP contribution in [-0.4, -0.2) is 28.4 Å². The Bertz CT molecular complexity index is 536. The Morgan fingerprint density at radius 3 is 2.20 bits per heavy atom. The summed E-state index contributed by atoms with van der Waals surface area (Å²) in [6.07, 6.45) is 3.37. The molecule has 108 valence electrons. The number of aliphatic hydroxyl groups is 1. The summed E-state index contributed by atoms with van der Waals surface area (Å²) < 4.78 is 12.2. The van der Waals surface area contributed by atoms with E-state index in [1.54, 1.807) is 6.20 Å². The molecule has 0 bridgehead atoms. The van der Waals surface area contributed by atoms with E-state index in [4.69, 9.17) is 9.31 Å². The highest BCUT2D eigenvalue weighted by molar-refractivity contribution is 6.62. The molecule has 0 unspecified atom stereocenters. The lowest BCUT2D eigenvalue weighted by atomic mass is 9.75. The first-order valence-corrected chi connectivity index (χ1v) is 7.20. The van der Waals surface area contributed by atoms with Gasteiger partial charge in [0.2, 0.25) is 0 Å². The molecule has 0 spiro atoms. The van der Waals surface area contributed by atoms with Gasteiger partial charge in [0.1, 0.15) is 0 Å². The lowest BCUT2D eigenvalue weighted by Crippen LogP contribution is -2.41. The van der Waals surface area contributed by atoms with E-state index in [-0.39, 0.29) is 11.2 Å². The molecule has 5 heteroatoms. The highest BCUT2D eigenvalue weighted by atomic mass is 16.7. The average molecular weight is 275 g/mol. The molecule has 1 saturated carbocycles. The van der Waals surface area contributed by atoms with Gasteiger partial charge < -0.3 is 14.4 Å². The first-order valence-electron chi connectivity index (χ1n) is 7.20. The summed E-state index contributed by atoms with van der Waals surface area (Å²) in [4.78, 5) is 4.35. The molecule has 0 amide bonds. The van der Waals surface area contributed by atoms with Crippen LogP contribution in [0.3, 0.4) is 0 Å². The maximum absolute atomic E-state index is 10.5. The Kier molecular flexibility index (Phi) is 2.85. The zero-order chi connectivity index (χ0) is 14.8. The molecular weight excluding hydrogens is 253 g/mol. The Hall–Kier alpha value is -0.905. The quantitative estimate of drug-likeness (QED) is 0.834. The number of aryl methyl sites for hydroxylation is 1. The third-order valence-electron chi connectivity index (χ3n) is 4.80. The van der Waals surface area contributed by atoms with Crippen molar-refractivity contribution in [1.82, 2.24) is 4.98 Å². The minimum Gasteiger partial charge on any atom is -0.399 e. The summed E-state index contributed by atoms with van der Waals surface area (Å²) >= 11 is 0. The highest BCUT2D eigenvalue weighted by Crippen LogP contribution is 2.45. The Balaban J connectivity index is 2.00. The lowest BCUT2D eigenvalue weighted by Gasteiger charge is -2.32. The van der Waals surface area contributed by atoms with Gasteiger partial charge in [-0.1, -0.05) is 0 Å². The van der Waals surface area contributed by atoms with Gasteiger partial charge in [-0.3, -0.25) is 4.98 Å². The number of aromatic nitrogens is 1. The standard InChI is InChI=1S/C15H22BNO3/c1-10-8-11(15(18)6-7-15)12(9-17-10)16-19-13(2,3)14(4,5)20-16/h8-9,18H,6-7H2,1-5H3. The fourth-order valence-electron chi connectivity index (χ4n) is 2.52. The van der Waals surface area contributed by atoms with Gasteiger partial charge in [0.25, 0.3) is 0 Å². The van der Waals surface area contributed by atoms with E-state index >= 15 is 0 Å². The number of hydrogen-bond acceptors (Lipinski definition) is 4. The number of hydrogen-bond donors (Lipinski definition) is 1. The van der Waals surface area contributed by atoms with E-state index in [0.717, 1.165) is 29.6 Å². The van der Waals surface area contributed by atoms with E-state index in [0.29, 0.717) is 0 Å². The Labute approximate surface area is 120 Å². The summed E-state index contributed by atoms with van der Waals surface area (Å²) in [7, 11) is -0.465. The Morgan fingerprint density at radius 2 is 1.70 bits per heavy atom. The van der Waals surface area contributed by atoms with E-state index in [1.165, 1.54) is 0 Å². The molecule has 0 radical (unpaired) electrons. The molecule has 2 heterocycles. The van der Waals surface area contributed by atoms with Crippen LogP contribution in [0.4, 0.5) is 0 Å². The number of pyridine rings is 1. The molecule has 1 aliphatic heterocycles. The molecular formula is C15H22BNO3. The summed E-state index contributed by atoms with van der Waals surface area (Å²) in [6, 6.07) is 1.95. The number of rotatable bonds is 2. The van der Waals surface area contributed by atoms with Crippen LogP contribution in [0, 0.1) is 6.92 Å². The maximum atomic E-state index is 10.5. The molecule has 1 aliphatic carbocycles. The molecule has 0 atom stereocenters. The van der Waals surface area contributed by atoms with Crippen LogP contribution in [0.1, 0.15) is 51.8 Å². The van der Waals surface area contributed by atoms with Gasteiger partial charge in [0, 0.05) is 17.4 Å². The second-order valence-corrected chi connectivity index (χ2v) is 7.03. The van der Waals surface area contributed by atoms with Gasteiger partial charge in [-0.15, -0.1) is 0 Å². The molecule has 2 fully saturated rings. The smallest absolute Gasteiger partial charge is 0.399 e. The Morgan fingerprint density at radius 1 is 1.15 bits per heavy atom. The van der Waals surface area contributed by atoms with Crippen molar-refractivity contribution in [3.63, 3.8) is 0 Å². The zero-order valence-electron chi connectivity index (χ0n) is 12.9. The van der Waals surface area contributed by atoms with Crippen LogP contribution >= 0.6 is 0 Å². The molecule has 2 aliphatic rings. The summed E-state index contributed by atoms with van der Waals surface area (Å²) in [5, 5.41) is 10.5. The van der Waals surface area contributed by atoms with Crippen LogP contribution in [0.25, 0.3) is 0 Å². The fraction of sp³-hybridized carbons (Fsp3) is 0.667. The van der Waals surface area contributed by atoms with Gasteiger partial charge in [-0.05, 0) is 59.1 Å². The summed E-state index contributed by atoms with van der Waals surface area (Å²) in [6.45, 7) is 10.0. The van der Waals surface area contributed by atoms with Crippen molar-refractivity contribution < 1.29 is 14.4 Å². The van der Waals surface area contributed by atoms with Crippen LogP contribution < -0.4 is 5.46 Å². The first kappa shape index (κ1) is 14.0. The fourth-order valence-corrected chi connectivity index (χ4v) is 2.52. The van der Waals surface area contributed by atoms with Crippen LogP contribution in [-0.2, 0) is 14.9 Å². The predicted octanol–water partition coefficient (Wildman–Crippen LogP) is 1.67. The van der Waals surface area contributed by atoms with Crippen molar-refractivity contribution in [2.45, 2.75) is 64.3 Å². The van der Waals surface area contributed by atoms with Gasteiger partial charge in [0.15, 0.2) is 0 Å². The van der Waals surface area contributed by atoms with Gasteiger partial charge in [-0.25, -0.2) is 0 Å². The van der Waals surface area contributed by atoms with Crippen LogP contribution in [0.2, 0.25) is 0 Å². The average Bonchev–Trinajstić information content (AvgIpc) is 3.02. The molecule has 4 nitrogen and oxygen atoms in total. The van der Waals surface area contributed by atoms with Gasteiger partial charge >= 0.3 is 7.12 Å². The molecule has 20 heavy (non-hydrogen) atoms. The SMILES string of the molecule is Cc1cc(C2(O)CC2)c(B2OC(C)(C)C(C)(C)O2)cn1. The third kappa shape index (κ3) is 2.08. The molecule has 3 rings (SSSR count). The minimum absolute atomic E-state index is 0.383. The van der Waals surface area contributed by atoms with E-state index in [2.05, 4.69) is 4.98 Å². The second kappa shape index (κ2) is 4.06. The van der Waals surface area contributed by atoms with Crippen molar-refractivity contribution in [2.24, 2.45) is 0 Å². The van der Waals surface area contributed by atoms with Crippen molar-refractivity contribution in [3.8, 4) is 0 Å². The van der Waals surface area contributed by atoms with Gasteiger partial charge in [-0.2, -0.15) is 0 Å². The van der Waals surface area contributed by atoms with Gasteiger partial charge in [0.05, 0.1) is 16.8 Å². The molecule has 1 aromatic rings. The predicted molar refractivity (Wildman–Crippen MR) is 77.8 cm³/mol. The molecule has 0 aromatic carbocycles. The van der Waals surface area contributed by atoms with Crippen molar-refractivity contribution in [3.05, 3.63) is 23.5 Å². The largest absolute Gasteiger partial charge is 0.496 e. The number of nitrogens with zero attached hydrogens (tertiary/aromatic N) is 1. The van der Waals surface area contributed by atoms with Crippen LogP contribution in [0.15, 0.2) is 12.3 Å². The first-order chi connectivity index (χ1) is 9.15. The normalized spacial score (nSPS) is 25.8. The third-order valence-corrected chi connectivity index (χ3v) is 4.80. The topological polar surface area (TPSA) is 51.6 Å². The van der Waals surface area contributed by atoms with Crippen molar-refractivity contribution in [2.75, 3.05) is 0 Å². The zero-order valence-corrected chi connectivity index (χ0v) is 12.9. The monoisotopic (exact) mass is 275 g/mol. The molecule has 1 saturated heterocycles. The molecule has 1 aromatic heterocycles. The maximum Gasteiger partial charge on any atom is 0.496 e. The van der Waals surface area contributed by atoms with Crippen LogP contribution in [0.5, 0.6) is 0 Å². The highest BCUT2D eigenvalue weighted by Gasteiger charge is 2.54. The summed E-state index contributed by atoms with van der Waals surface area (Å²) in [5.74, 6) is 0. The van der Waals surface area contributed by atoms with E-state index in [1.807, 2.05) is 40.7 Å². The minimum atomic E-state index is -0.716. The summed E-state index contributed by atoms with van der Waals surface area (Å²) in [5.41, 5.74) is 1.18. The lowest BCUT2D eigenvalue weighted by molar-refractivity contribution is 0.00578. The van der Waals surface area contributed by atoms with Crippen molar-refractivity contribution in [1.29, 1.82) is 0 Å². The van der Waals surface area contributed by atoms with E-state index < -0.39 is 12.7 Å². The molecule has 1 N–H and O–H groups in total. The van der Waals surface area contributed by atoms with E-state index in [9.17, 15) is 5.11 Å².